The Hall–Kier alpha value is -3.33. The van der Waals surface area contributed by atoms with Gasteiger partial charge in [-0.05, 0) is 96.3 Å². The minimum absolute atomic E-state index is 0.0158. The fourth-order valence-electron chi connectivity index (χ4n) is 8.09. The van der Waals surface area contributed by atoms with Crippen molar-refractivity contribution in [3.63, 3.8) is 0 Å². The van der Waals surface area contributed by atoms with Crippen LogP contribution in [0, 0.1) is 0 Å². The summed E-state index contributed by atoms with van der Waals surface area (Å²) in [5, 5.41) is 0. The predicted molar refractivity (Wildman–Crippen MR) is 325 cm³/mol. The highest BCUT2D eigenvalue weighted by molar-refractivity contribution is 7.47. The number of nitrogens with zero attached hydrogens (tertiary/aromatic N) is 1. The van der Waals surface area contributed by atoms with Gasteiger partial charge in [0.25, 0.3) is 0 Å². The van der Waals surface area contributed by atoms with Crippen LogP contribution >= 0.6 is 7.82 Å². The first-order valence-electron chi connectivity index (χ1n) is 30.6. The molecule has 0 aliphatic carbocycles. The molecule has 1 N–H and O–H groups in total. The molecule has 0 aromatic heterocycles. The Morgan fingerprint density at radius 2 is 0.763 bits per heavy atom. The summed E-state index contributed by atoms with van der Waals surface area (Å²) in [5.41, 5.74) is 0. The quantitative estimate of drug-likeness (QED) is 0.0211. The van der Waals surface area contributed by atoms with Crippen LogP contribution in [-0.2, 0) is 32.7 Å². The highest BCUT2D eigenvalue weighted by Gasteiger charge is 2.27. The topological polar surface area (TPSA) is 108 Å². The van der Waals surface area contributed by atoms with Crippen molar-refractivity contribution in [3.05, 3.63) is 109 Å². The van der Waals surface area contributed by atoms with Crippen molar-refractivity contribution >= 4 is 19.8 Å². The Bertz CT molecular complexity index is 1650. The minimum Gasteiger partial charge on any atom is -0.462 e. The van der Waals surface area contributed by atoms with E-state index in [4.69, 9.17) is 18.5 Å². The lowest BCUT2D eigenvalue weighted by atomic mass is 10.0. The standard InChI is InChI=1S/C66H114NO8P/c1-6-8-10-12-14-16-18-20-22-24-26-28-30-31-32-33-34-35-37-38-40-42-44-46-48-50-52-54-56-58-65(68)72-62-64(63-74-76(70,71)73-61-60-67(3,4)5)75-66(69)59-57-55-53-51-49-47-45-43-41-39-36-29-27-25-23-21-19-17-15-13-11-9-7-2/h9,11,15,17-18,20-21,23-24,26-27,29,39,41,45,47,51,53,64H,6-8,10,12-14,16,19,22,25,28,30-38,40,42-44,46,48-50,52,54-63H2,1-5H3/p+1/b11-9-,17-15-,20-18-,23-21-,26-24-,29-27-,41-39-,47-45-,53-51-. The van der Waals surface area contributed by atoms with Crippen LogP contribution < -0.4 is 0 Å². The molecular formula is C66H115NO8P+. The highest BCUT2D eigenvalue weighted by atomic mass is 31.2. The van der Waals surface area contributed by atoms with E-state index in [1.165, 1.54) is 135 Å². The third-order valence-electron chi connectivity index (χ3n) is 12.8. The fraction of sp³-hybridized carbons (Fsp3) is 0.697. The Labute approximate surface area is 467 Å². The molecule has 0 heterocycles. The number of hydrogen-bond acceptors (Lipinski definition) is 7. The predicted octanol–water partition coefficient (Wildman–Crippen LogP) is 19.4. The molecule has 2 atom stereocenters. The third-order valence-corrected chi connectivity index (χ3v) is 13.8. The molecule has 9 nitrogen and oxygen atoms in total. The molecule has 0 bridgehead atoms. The molecule has 0 saturated heterocycles. The van der Waals surface area contributed by atoms with Gasteiger partial charge in [0.05, 0.1) is 27.7 Å². The van der Waals surface area contributed by atoms with E-state index in [0.29, 0.717) is 23.9 Å². The monoisotopic (exact) mass is 1080 g/mol. The zero-order chi connectivity index (χ0) is 55.6. The Morgan fingerprint density at radius 1 is 0.421 bits per heavy atom. The molecule has 436 valence electrons. The van der Waals surface area contributed by atoms with Gasteiger partial charge in [-0.2, -0.15) is 0 Å². The second kappa shape index (κ2) is 56.4. The lowest BCUT2D eigenvalue weighted by Crippen LogP contribution is -2.37. The number of ether oxygens (including phenoxy) is 2. The van der Waals surface area contributed by atoms with Gasteiger partial charge in [-0.3, -0.25) is 18.6 Å². The van der Waals surface area contributed by atoms with Gasteiger partial charge in [-0.15, -0.1) is 0 Å². The van der Waals surface area contributed by atoms with Crippen LogP contribution in [0.15, 0.2) is 109 Å². The first kappa shape index (κ1) is 72.7. The second-order valence-corrected chi connectivity index (χ2v) is 22.8. The zero-order valence-corrected chi connectivity index (χ0v) is 50.3. The molecule has 0 radical (unpaired) electrons. The van der Waals surface area contributed by atoms with Gasteiger partial charge in [0.15, 0.2) is 6.10 Å². The minimum atomic E-state index is -4.41. The van der Waals surface area contributed by atoms with Crippen LogP contribution in [0.5, 0.6) is 0 Å². The van der Waals surface area contributed by atoms with E-state index in [2.05, 4.69) is 123 Å². The number of esters is 2. The van der Waals surface area contributed by atoms with E-state index in [-0.39, 0.29) is 32.0 Å². The SMILES string of the molecule is CC/C=C\C/C=C\C/C=C\C/C=C\C/C=C\C/C=C\C/C=C\CCCC(=O)OC(COC(=O)CCCCCCCCCCCCCCCCCCC/C=C\C/C=C\CCCCCCC)COP(=O)(O)OCC[N+](C)(C)C. The maximum Gasteiger partial charge on any atom is 0.472 e. The van der Waals surface area contributed by atoms with E-state index in [1.807, 2.05) is 21.1 Å². The molecular weight excluding hydrogens is 966 g/mol. The molecule has 0 spiro atoms. The Kier molecular flexibility index (Phi) is 53.9. The fourth-order valence-corrected chi connectivity index (χ4v) is 8.84. The normalized spacial score (nSPS) is 14.0. The Balaban J connectivity index is 4.20. The molecule has 0 saturated carbocycles. The van der Waals surface area contributed by atoms with E-state index >= 15 is 0 Å². The molecule has 10 heteroatoms. The average molecular weight is 1080 g/mol. The highest BCUT2D eigenvalue weighted by Crippen LogP contribution is 2.43. The van der Waals surface area contributed by atoms with Crippen LogP contribution in [0.3, 0.4) is 0 Å². The first-order valence-corrected chi connectivity index (χ1v) is 32.1. The summed E-state index contributed by atoms with van der Waals surface area (Å²) in [6, 6.07) is 0. The molecule has 0 aromatic carbocycles. The number of unbranched alkanes of at least 4 members (excludes halogenated alkanes) is 23. The summed E-state index contributed by atoms with van der Waals surface area (Å²) < 4.78 is 34.5. The molecule has 0 aliphatic heterocycles. The number of phosphoric acid groups is 1. The Morgan fingerprint density at radius 3 is 1.16 bits per heavy atom. The second-order valence-electron chi connectivity index (χ2n) is 21.4. The maximum atomic E-state index is 12.8. The molecule has 76 heavy (non-hydrogen) atoms. The van der Waals surface area contributed by atoms with Gasteiger partial charge in [-0.25, -0.2) is 4.57 Å². The summed E-state index contributed by atoms with van der Waals surface area (Å²) in [6.45, 7) is 4.25. The van der Waals surface area contributed by atoms with Crippen LogP contribution in [0.25, 0.3) is 0 Å². The number of hydrogen-bond donors (Lipinski definition) is 1. The van der Waals surface area contributed by atoms with Crippen LogP contribution in [0.1, 0.15) is 245 Å². The first-order chi connectivity index (χ1) is 37.0. The lowest BCUT2D eigenvalue weighted by molar-refractivity contribution is -0.870. The van der Waals surface area contributed by atoms with E-state index in [0.717, 1.165) is 70.6 Å². The third kappa shape index (κ3) is 59.9. The molecule has 0 fully saturated rings. The lowest BCUT2D eigenvalue weighted by Gasteiger charge is -2.24. The number of carbonyl (C=O) groups is 2. The summed E-state index contributed by atoms with van der Waals surface area (Å²) in [5.74, 6) is -0.868. The molecule has 0 aromatic rings. The molecule has 0 rings (SSSR count). The van der Waals surface area contributed by atoms with Gasteiger partial charge in [0, 0.05) is 12.8 Å². The summed E-state index contributed by atoms with van der Waals surface area (Å²) in [7, 11) is 1.43. The largest absolute Gasteiger partial charge is 0.472 e. The molecule has 0 aliphatic rings. The van der Waals surface area contributed by atoms with Crippen molar-refractivity contribution in [1.29, 1.82) is 0 Å². The summed E-state index contributed by atoms with van der Waals surface area (Å²) in [4.78, 5) is 35.7. The maximum absolute atomic E-state index is 12.8. The van der Waals surface area contributed by atoms with E-state index in [9.17, 15) is 19.0 Å². The molecule has 2 unspecified atom stereocenters. The number of likely N-dealkylation sites (N-methyl/N-ethyl adjacent to an activating group) is 1. The zero-order valence-electron chi connectivity index (χ0n) is 49.5. The van der Waals surface area contributed by atoms with Gasteiger partial charge >= 0.3 is 19.8 Å². The van der Waals surface area contributed by atoms with Crippen molar-refractivity contribution in [2.24, 2.45) is 0 Å². The van der Waals surface area contributed by atoms with Crippen LogP contribution in [0.4, 0.5) is 0 Å². The van der Waals surface area contributed by atoms with E-state index < -0.39 is 26.5 Å². The number of allylic oxidation sites excluding steroid dienone is 18. The van der Waals surface area contributed by atoms with Crippen molar-refractivity contribution in [3.8, 4) is 0 Å². The van der Waals surface area contributed by atoms with E-state index in [1.54, 1.807) is 0 Å². The molecule has 0 amide bonds. The van der Waals surface area contributed by atoms with Gasteiger partial charge < -0.3 is 18.9 Å². The number of carbonyl (C=O) groups excluding carboxylic acids is 2. The van der Waals surface area contributed by atoms with Crippen molar-refractivity contribution in [1.82, 2.24) is 0 Å². The smallest absolute Gasteiger partial charge is 0.462 e. The number of quaternary nitrogens is 1. The van der Waals surface area contributed by atoms with Crippen molar-refractivity contribution < 1.29 is 42.1 Å². The van der Waals surface area contributed by atoms with Gasteiger partial charge in [0.1, 0.15) is 19.8 Å². The van der Waals surface area contributed by atoms with Crippen molar-refractivity contribution in [2.45, 2.75) is 251 Å². The summed E-state index contributed by atoms with van der Waals surface area (Å²) in [6.07, 6.45) is 78.9. The van der Waals surface area contributed by atoms with Gasteiger partial charge in [-0.1, -0.05) is 245 Å². The number of rotatable bonds is 55. The average Bonchev–Trinajstić information content (AvgIpc) is 3.38. The van der Waals surface area contributed by atoms with Crippen molar-refractivity contribution in [2.75, 3.05) is 47.5 Å². The van der Waals surface area contributed by atoms with Gasteiger partial charge in [0.2, 0.25) is 0 Å². The summed E-state index contributed by atoms with van der Waals surface area (Å²) >= 11 is 0. The number of phosphoric ester groups is 1. The van der Waals surface area contributed by atoms with Crippen LogP contribution in [0.2, 0.25) is 0 Å². The van der Waals surface area contributed by atoms with Crippen LogP contribution in [-0.4, -0.2) is 74.9 Å².